The Morgan fingerprint density at radius 3 is 2.29 bits per heavy atom. The standard InChI is InChI=1S/C23H14Cl2FNO/c24-18-8-6-16(7-9-18)22-13-17(12-15-4-2-1-3-5-15)23(28)27(22)19-10-11-21(26)20(25)14-19/h1-14H/b17-12+. The number of nitrogens with zero attached hydrogens (tertiary/aromatic N) is 1. The molecule has 5 heteroatoms. The second kappa shape index (κ2) is 7.63. The van der Waals surface area contributed by atoms with Gasteiger partial charge in [-0.2, -0.15) is 0 Å². The minimum atomic E-state index is -0.533. The topological polar surface area (TPSA) is 20.3 Å². The maximum atomic E-state index is 13.6. The lowest BCUT2D eigenvalue weighted by atomic mass is 10.1. The van der Waals surface area contributed by atoms with E-state index in [1.807, 2.05) is 54.6 Å². The third-order valence-electron chi connectivity index (χ3n) is 4.41. The van der Waals surface area contributed by atoms with E-state index in [1.165, 1.54) is 23.1 Å². The van der Waals surface area contributed by atoms with Crippen molar-refractivity contribution in [3.05, 3.63) is 111 Å². The average molecular weight is 410 g/mol. The number of carbonyl (C=O) groups excluding carboxylic acids is 1. The monoisotopic (exact) mass is 409 g/mol. The van der Waals surface area contributed by atoms with E-state index in [9.17, 15) is 9.18 Å². The third-order valence-corrected chi connectivity index (χ3v) is 4.95. The van der Waals surface area contributed by atoms with Crippen molar-refractivity contribution in [3.63, 3.8) is 0 Å². The Morgan fingerprint density at radius 1 is 0.893 bits per heavy atom. The van der Waals surface area contributed by atoms with Crippen molar-refractivity contribution in [3.8, 4) is 0 Å². The van der Waals surface area contributed by atoms with Crippen LogP contribution in [0.2, 0.25) is 10.0 Å². The zero-order valence-electron chi connectivity index (χ0n) is 14.6. The summed E-state index contributed by atoms with van der Waals surface area (Å²) in [5, 5.41) is 0.561. The van der Waals surface area contributed by atoms with Gasteiger partial charge in [0.1, 0.15) is 5.82 Å². The van der Waals surface area contributed by atoms with Gasteiger partial charge >= 0.3 is 0 Å². The van der Waals surface area contributed by atoms with Gasteiger partial charge in [0.25, 0.3) is 5.91 Å². The van der Waals surface area contributed by atoms with E-state index in [4.69, 9.17) is 23.2 Å². The van der Waals surface area contributed by atoms with Crippen molar-refractivity contribution >= 4 is 46.6 Å². The molecule has 3 aromatic carbocycles. The molecule has 0 aliphatic carbocycles. The first-order valence-electron chi connectivity index (χ1n) is 8.57. The Balaban J connectivity index is 1.84. The second-order valence-corrected chi connectivity index (χ2v) is 7.13. The minimum Gasteiger partial charge on any atom is -0.276 e. The fourth-order valence-corrected chi connectivity index (χ4v) is 3.36. The van der Waals surface area contributed by atoms with Gasteiger partial charge < -0.3 is 0 Å². The van der Waals surface area contributed by atoms with Crippen LogP contribution in [0.4, 0.5) is 10.1 Å². The summed E-state index contributed by atoms with van der Waals surface area (Å²) in [6.07, 6.45) is 3.64. The number of halogens is 3. The molecule has 0 fully saturated rings. The van der Waals surface area contributed by atoms with Crippen LogP contribution in [0.1, 0.15) is 11.1 Å². The highest BCUT2D eigenvalue weighted by Crippen LogP contribution is 2.36. The number of carbonyl (C=O) groups is 1. The molecule has 2 nitrogen and oxygen atoms in total. The largest absolute Gasteiger partial charge is 0.276 e. The number of benzene rings is 3. The summed E-state index contributed by atoms with van der Waals surface area (Å²) in [6.45, 7) is 0. The highest BCUT2D eigenvalue weighted by Gasteiger charge is 2.30. The van der Waals surface area contributed by atoms with Crippen LogP contribution in [-0.2, 0) is 4.79 Å². The van der Waals surface area contributed by atoms with Gasteiger partial charge in [-0.3, -0.25) is 9.69 Å². The molecular formula is C23H14Cl2FNO. The summed E-state index contributed by atoms with van der Waals surface area (Å²) in [6, 6.07) is 21.0. The first kappa shape index (κ1) is 18.5. The molecule has 0 unspecified atom stereocenters. The molecule has 0 saturated heterocycles. The van der Waals surface area contributed by atoms with Crippen molar-refractivity contribution in [1.29, 1.82) is 0 Å². The molecule has 4 rings (SSSR count). The van der Waals surface area contributed by atoms with Gasteiger partial charge in [-0.05, 0) is 53.6 Å². The highest BCUT2D eigenvalue weighted by molar-refractivity contribution is 6.32. The molecule has 0 radical (unpaired) electrons. The fourth-order valence-electron chi connectivity index (χ4n) is 3.06. The molecular weight excluding hydrogens is 396 g/mol. The van der Waals surface area contributed by atoms with Crippen LogP contribution in [0.25, 0.3) is 11.8 Å². The van der Waals surface area contributed by atoms with Gasteiger partial charge in [-0.15, -0.1) is 0 Å². The van der Waals surface area contributed by atoms with Crippen LogP contribution in [0.3, 0.4) is 0 Å². The van der Waals surface area contributed by atoms with E-state index in [0.717, 1.165) is 11.1 Å². The summed E-state index contributed by atoms with van der Waals surface area (Å²) >= 11 is 12.0. The molecule has 138 valence electrons. The third kappa shape index (κ3) is 3.59. The van der Waals surface area contributed by atoms with Crippen molar-refractivity contribution in [2.24, 2.45) is 0 Å². The summed E-state index contributed by atoms with van der Waals surface area (Å²) in [7, 11) is 0. The van der Waals surface area contributed by atoms with Crippen LogP contribution < -0.4 is 4.90 Å². The molecule has 0 bridgehead atoms. The summed E-state index contributed by atoms with van der Waals surface area (Å²) in [4.78, 5) is 14.7. The van der Waals surface area contributed by atoms with Crippen LogP contribution in [-0.4, -0.2) is 5.91 Å². The van der Waals surface area contributed by atoms with E-state index >= 15 is 0 Å². The van der Waals surface area contributed by atoms with E-state index < -0.39 is 5.82 Å². The molecule has 3 aromatic rings. The van der Waals surface area contributed by atoms with Crippen LogP contribution >= 0.6 is 23.2 Å². The molecule has 1 heterocycles. The van der Waals surface area contributed by atoms with Crippen molar-refractivity contribution < 1.29 is 9.18 Å². The summed E-state index contributed by atoms with van der Waals surface area (Å²) in [5.41, 5.74) is 3.42. The molecule has 0 atom stereocenters. The van der Waals surface area contributed by atoms with Gasteiger partial charge in [0.15, 0.2) is 0 Å². The van der Waals surface area contributed by atoms with Crippen molar-refractivity contribution in [2.75, 3.05) is 4.90 Å². The quantitative estimate of drug-likeness (QED) is 0.446. The molecule has 1 amide bonds. The predicted molar refractivity (Wildman–Crippen MR) is 113 cm³/mol. The molecule has 28 heavy (non-hydrogen) atoms. The molecule has 0 spiro atoms. The number of anilines is 1. The van der Waals surface area contributed by atoms with Crippen molar-refractivity contribution in [2.45, 2.75) is 0 Å². The Kier molecular flexibility index (Phi) is 5.03. The normalized spacial score (nSPS) is 15.2. The number of amides is 1. The van der Waals surface area contributed by atoms with E-state index in [1.54, 1.807) is 12.1 Å². The maximum Gasteiger partial charge on any atom is 0.262 e. The smallest absolute Gasteiger partial charge is 0.262 e. The first-order chi connectivity index (χ1) is 13.5. The van der Waals surface area contributed by atoms with Crippen LogP contribution in [0.5, 0.6) is 0 Å². The molecule has 0 N–H and O–H groups in total. The lowest BCUT2D eigenvalue weighted by molar-refractivity contribution is -0.113. The summed E-state index contributed by atoms with van der Waals surface area (Å²) in [5.74, 6) is -0.745. The molecule has 0 aromatic heterocycles. The van der Waals surface area contributed by atoms with Gasteiger partial charge in [-0.25, -0.2) is 4.39 Å². The first-order valence-corrected chi connectivity index (χ1v) is 9.32. The minimum absolute atomic E-state index is 0.0405. The lowest BCUT2D eigenvalue weighted by Gasteiger charge is -2.21. The number of hydrogen-bond donors (Lipinski definition) is 0. The zero-order chi connectivity index (χ0) is 19.7. The average Bonchev–Trinajstić information content (AvgIpc) is 3.02. The van der Waals surface area contributed by atoms with Crippen LogP contribution in [0, 0.1) is 5.82 Å². The molecule has 1 aliphatic heterocycles. The van der Waals surface area contributed by atoms with E-state index in [-0.39, 0.29) is 10.9 Å². The van der Waals surface area contributed by atoms with Gasteiger partial charge in [0.2, 0.25) is 0 Å². The van der Waals surface area contributed by atoms with Gasteiger partial charge in [0.05, 0.1) is 16.4 Å². The number of hydrogen-bond acceptors (Lipinski definition) is 1. The summed E-state index contributed by atoms with van der Waals surface area (Å²) < 4.78 is 13.6. The van der Waals surface area contributed by atoms with Crippen molar-refractivity contribution in [1.82, 2.24) is 0 Å². The maximum absolute atomic E-state index is 13.6. The SMILES string of the molecule is O=C1/C(=C/c2ccccc2)C=C(c2ccc(Cl)cc2)N1c1ccc(F)c(Cl)c1. The predicted octanol–water partition coefficient (Wildman–Crippen LogP) is 6.60. The van der Waals surface area contributed by atoms with E-state index in [0.29, 0.717) is 22.0 Å². The second-order valence-electron chi connectivity index (χ2n) is 6.29. The van der Waals surface area contributed by atoms with Gasteiger partial charge in [0, 0.05) is 10.6 Å². The Hall–Kier alpha value is -2.88. The van der Waals surface area contributed by atoms with E-state index in [2.05, 4.69) is 0 Å². The van der Waals surface area contributed by atoms with Gasteiger partial charge in [-0.1, -0.05) is 65.7 Å². The zero-order valence-corrected chi connectivity index (χ0v) is 16.1. The Labute approximate surface area is 172 Å². The molecule has 1 aliphatic rings. The molecule has 0 saturated carbocycles. The highest BCUT2D eigenvalue weighted by atomic mass is 35.5. The Morgan fingerprint density at radius 2 is 1.61 bits per heavy atom. The Bertz CT molecular complexity index is 1110. The number of rotatable bonds is 3. The lowest BCUT2D eigenvalue weighted by Crippen LogP contribution is -2.25. The van der Waals surface area contributed by atoms with Crippen LogP contribution in [0.15, 0.2) is 84.4 Å². The fraction of sp³-hybridized carbons (Fsp3) is 0.